The van der Waals surface area contributed by atoms with Crippen LogP contribution in [0.3, 0.4) is 0 Å². The number of nitrogens with zero attached hydrogens (tertiary/aromatic N) is 2. The molecule has 0 aliphatic carbocycles. The molecular weight excluding hydrogens is 252 g/mol. The Balaban J connectivity index is 1.57. The van der Waals surface area contributed by atoms with Crippen LogP contribution in [0.4, 0.5) is 5.69 Å². The summed E-state index contributed by atoms with van der Waals surface area (Å²) < 4.78 is 0. The van der Waals surface area contributed by atoms with Crippen molar-refractivity contribution in [1.29, 1.82) is 0 Å². The van der Waals surface area contributed by atoms with Crippen molar-refractivity contribution in [2.45, 2.75) is 32.4 Å². The lowest BCUT2D eigenvalue weighted by atomic mass is 10.2. The highest BCUT2D eigenvalue weighted by molar-refractivity contribution is 5.95. The number of amides is 1. The van der Waals surface area contributed by atoms with Crippen molar-refractivity contribution in [2.24, 2.45) is 4.99 Å². The number of rotatable bonds is 3. The number of anilines is 1. The number of nitrogens with one attached hydrogen (secondary N) is 2. The molecule has 2 heterocycles. The molecule has 0 spiro atoms. The molecule has 5 heteroatoms. The van der Waals surface area contributed by atoms with Crippen LogP contribution in [-0.2, 0) is 11.3 Å². The van der Waals surface area contributed by atoms with Gasteiger partial charge in [-0.15, -0.1) is 0 Å². The van der Waals surface area contributed by atoms with Gasteiger partial charge in [0.2, 0.25) is 5.91 Å². The Kier molecular flexibility index (Phi) is 3.58. The highest BCUT2D eigenvalue weighted by Gasteiger charge is 2.21. The fourth-order valence-corrected chi connectivity index (χ4v) is 2.56. The van der Waals surface area contributed by atoms with E-state index in [2.05, 4.69) is 34.7 Å². The van der Waals surface area contributed by atoms with Crippen molar-refractivity contribution in [3.63, 3.8) is 0 Å². The van der Waals surface area contributed by atoms with Crippen LogP contribution < -0.4 is 15.5 Å². The lowest BCUT2D eigenvalue weighted by Gasteiger charge is -2.16. The van der Waals surface area contributed by atoms with Crippen molar-refractivity contribution >= 4 is 17.6 Å². The largest absolute Gasteiger partial charge is 0.352 e. The Hall–Kier alpha value is -2.04. The molecular formula is C15H20N4O. The molecule has 1 aromatic rings. The van der Waals surface area contributed by atoms with Gasteiger partial charge in [0.25, 0.3) is 0 Å². The van der Waals surface area contributed by atoms with Gasteiger partial charge in [0.1, 0.15) is 0 Å². The summed E-state index contributed by atoms with van der Waals surface area (Å²) in [5.74, 6) is 1.10. The van der Waals surface area contributed by atoms with E-state index in [0.717, 1.165) is 37.7 Å². The molecule has 20 heavy (non-hydrogen) atoms. The standard InChI is InChI=1S/C15H20N4O/c1-11-9-16-15(18-11)17-10-12-4-6-13(7-5-12)19-8-2-3-14(19)20/h4-7,11H,2-3,8-10H2,1H3,(H2,16,17,18). The number of benzene rings is 1. The smallest absolute Gasteiger partial charge is 0.227 e. The Labute approximate surface area is 119 Å². The maximum atomic E-state index is 11.7. The van der Waals surface area contributed by atoms with Crippen molar-refractivity contribution in [3.05, 3.63) is 29.8 Å². The van der Waals surface area contributed by atoms with Crippen LogP contribution in [0, 0.1) is 0 Å². The number of guanidine groups is 1. The fraction of sp³-hybridized carbons (Fsp3) is 0.467. The van der Waals surface area contributed by atoms with E-state index < -0.39 is 0 Å². The molecule has 0 bridgehead atoms. The second kappa shape index (κ2) is 5.53. The monoisotopic (exact) mass is 272 g/mol. The average Bonchev–Trinajstić information content (AvgIpc) is 3.06. The van der Waals surface area contributed by atoms with Gasteiger partial charge < -0.3 is 15.5 Å². The van der Waals surface area contributed by atoms with E-state index in [1.807, 2.05) is 17.0 Å². The van der Waals surface area contributed by atoms with Gasteiger partial charge in [-0.05, 0) is 31.0 Å². The molecule has 2 aliphatic heterocycles. The molecule has 1 atom stereocenters. The maximum Gasteiger partial charge on any atom is 0.227 e. The molecule has 1 unspecified atom stereocenters. The molecule has 1 fully saturated rings. The van der Waals surface area contributed by atoms with Gasteiger partial charge in [-0.25, -0.2) is 0 Å². The number of aliphatic imine (C=N–C) groups is 1. The van der Waals surface area contributed by atoms with Crippen LogP contribution in [0.25, 0.3) is 0 Å². The van der Waals surface area contributed by atoms with Gasteiger partial charge in [-0.1, -0.05) is 12.1 Å². The van der Waals surface area contributed by atoms with Gasteiger partial charge in [0.05, 0.1) is 6.54 Å². The second-order valence-electron chi connectivity index (χ2n) is 5.40. The summed E-state index contributed by atoms with van der Waals surface area (Å²) in [7, 11) is 0. The number of carbonyl (C=O) groups excluding carboxylic acids is 1. The highest BCUT2D eigenvalue weighted by atomic mass is 16.2. The van der Waals surface area contributed by atoms with Crippen LogP contribution in [0.5, 0.6) is 0 Å². The van der Waals surface area contributed by atoms with Gasteiger partial charge in [0, 0.05) is 31.2 Å². The van der Waals surface area contributed by atoms with E-state index >= 15 is 0 Å². The van der Waals surface area contributed by atoms with Gasteiger partial charge >= 0.3 is 0 Å². The summed E-state index contributed by atoms with van der Waals surface area (Å²) in [5.41, 5.74) is 2.19. The zero-order valence-corrected chi connectivity index (χ0v) is 11.7. The first-order chi connectivity index (χ1) is 9.72. The second-order valence-corrected chi connectivity index (χ2v) is 5.40. The Morgan fingerprint density at radius 1 is 1.40 bits per heavy atom. The van der Waals surface area contributed by atoms with Crippen LogP contribution >= 0.6 is 0 Å². The first-order valence-corrected chi connectivity index (χ1v) is 7.16. The third kappa shape index (κ3) is 2.76. The topological polar surface area (TPSA) is 56.7 Å². The van der Waals surface area contributed by atoms with Gasteiger partial charge in [0.15, 0.2) is 5.96 Å². The van der Waals surface area contributed by atoms with E-state index in [-0.39, 0.29) is 5.91 Å². The first-order valence-electron chi connectivity index (χ1n) is 7.16. The minimum Gasteiger partial charge on any atom is -0.352 e. The van der Waals surface area contributed by atoms with Gasteiger partial charge in [-0.3, -0.25) is 9.79 Å². The van der Waals surface area contributed by atoms with E-state index in [1.54, 1.807) is 0 Å². The maximum absolute atomic E-state index is 11.7. The van der Waals surface area contributed by atoms with E-state index in [4.69, 9.17) is 0 Å². The summed E-state index contributed by atoms with van der Waals surface area (Å²) in [6.45, 7) is 4.53. The summed E-state index contributed by atoms with van der Waals surface area (Å²) in [6.07, 6.45) is 1.64. The highest BCUT2D eigenvalue weighted by Crippen LogP contribution is 2.21. The third-order valence-electron chi connectivity index (χ3n) is 3.69. The summed E-state index contributed by atoms with van der Waals surface area (Å²) in [4.78, 5) is 17.9. The summed E-state index contributed by atoms with van der Waals surface area (Å²) in [5, 5.41) is 6.56. The molecule has 1 amide bonds. The average molecular weight is 272 g/mol. The molecule has 5 nitrogen and oxygen atoms in total. The van der Waals surface area contributed by atoms with Crippen LogP contribution in [0.15, 0.2) is 29.3 Å². The fourth-order valence-electron chi connectivity index (χ4n) is 2.56. The Bertz CT molecular complexity index is 523. The normalized spacial score (nSPS) is 21.9. The molecule has 1 aromatic carbocycles. The Morgan fingerprint density at radius 2 is 2.20 bits per heavy atom. The lowest BCUT2D eigenvalue weighted by Crippen LogP contribution is -2.37. The van der Waals surface area contributed by atoms with Crippen LogP contribution in [0.1, 0.15) is 25.3 Å². The first kappa shape index (κ1) is 13.0. The van der Waals surface area contributed by atoms with Crippen molar-refractivity contribution in [1.82, 2.24) is 10.6 Å². The number of carbonyl (C=O) groups is 1. The molecule has 0 aromatic heterocycles. The van der Waals surface area contributed by atoms with Crippen LogP contribution in [0.2, 0.25) is 0 Å². The van der Waals surface area contributed by atoms with Crippen LogP contribution in [-0.4, -0.2) is 31.0 Å². The SMILES string of the molecule is CC1CN=C(NCc2ccc(N3CCCC3=O)cc2)N1. The molecule has 0 saturated carbocycles. The zero-order valence-electron chi connectivity index (χ0n) is 11.7. The molecule has 2 N–H and O–H groups in total. The van der Waals surface area contributed by atoms with Crippen molar-refractivity contribution < 1.29 is 4.79 Å². The van der Waals surface area contributed by atoms with Crippen molar-refractivity contribution in [2.75, 3.05) is 18.0 Å². The lowest BCUT2D eigenvalue weighted by molar-refractivity contribution is -0.117. The van der Waals surface area contributed by atoms with Crippen molar-refractivity contribution in [3.8, 4) is 0 Å². The molecule has 1 saturated heterocycles. The predicted octanol–water partition coefficient (Wildman–Crippen LogP) is 1.25. The molecule has 106 valence electrons. The van der Waals surface area contributed by atoms with E-state index in [0.29, 0.717) is 12.5 Å². The summed E-state index contributed by atoms with van der Waals surface area (Å²) in [6, 6.07) is 8.58. The van der Waals surface area contributed by atoms with Gasteiger partial charge in [-0.2, -0.15) is 0 Å². The minimum absolute atomic E-state index is 0.231. The van der Waals surface area contributed by atoms with E-state index in [1.165, 1.54) is 5.56 Å². The quantitative estimate of drug-likeness (QED) is 0.870. The zero-order chi connectivity index (χ0) is 13.9. The molecule has 3 rings (SSSR count). The number of hydrogen-bond donors (Lipinski definition) is 2. The Morgan fingerprint density at radius 3 is 2.80 bits per heavy atom. The third-order valence-corrected chi connectivity index (χ3v) is 3.69. The predicted molar refractivity (Wildman–Crippen MR) is 79.8 cm³/mol. The molecule has 2 aliphatic rings. The molecule has 0 radical (unpaired) electrons. The van der Waals surface area contributed by atoms with E-state index in [9.17, 15) is 4.79 Å². The summed E-state index contributed by atoms with van der Waals surface area (Å²) >= 11 is 0. The minimum atomic E-state index is 0.231. The number of hydrogen-bond acceptors (Lipinski definition) is 4.